The number of aromatic hydroxyl groups is 1. The summed E-state index contributed by atoms with van der Waals surface area (Å²) in [4.78, 5) is 3.27. The summed E-state index contributed by atoms with van der Waals surface area (Å²) in [6.07, 6.45) is -0.777. The largest absolute Gasteiger partial charge is 0.508 e. The molecular formula is C23H23FN2O2. The van der Waals surface area contributed by atoms with Crippen LogP contribution in [-0.4, -0.2) is 21.4 Å². The molecule has 4 N–H and O–H groups in total. The van der Waals surface area contributed by atoms with Crippen molar-refractivity contribution in [1.29, 1.82) is 0 Å². The molecule has 4 rings (SSSR count). The molecule has 0 saturated carbocycles. The fourth-order valence-electron chi connectivity index (χ4n) is 3.52. The maximum atomic E-state index is 13.5. The van der Waals surface area contributed by atoms with E-state index in [0.717, 1.165) is 32.9 Å². The van der Waals surface area contributed by atoms with E-state index in [1.54, 1.807) is 18.2 Å². The number of benzene rings is 3. The molecule has 3 aromatic carbocycles. The third-order valence-corrected chi connectivity index (χ3v) is 5.42. The van der Waals surface area contributed by atoms with E-state index in [-0.39, 0.29) is 11.6 Å². The summed E-state index contributed by atoms with van der Waals surface area (Å²) in [5.74, 6) is -0.0513. The van der Waals surface area contributed by atoms with Crippen LogP contribution in [0.5, 0.6) is 5.75 Å². The fourth-order valence-corrected chi connectivity index (χ4v) is 3.52. The highest BCUT2D eigenvalue weighted by Crippen LogP contribution is 2.32. The third kappa shape index (κ3) is 3.35. The number of aliphatic hydroxyl groups is 1. The molecule has 4 nitrogen and oxygen atoms in total. The lowest BCUT2D eigenvalue weighted by Gasteiger charge is -2.32. The van der Waals surface area contributed by atoms with Crippen molar-refractivity contribution in [3.8, 4) is 5.75 Å². The standard InChI is InChI=1S/C23H23FN2O2/c1-23(2,22(28)25-13-14-3-7-17(27)8-4-14)15-5-9-18-19-10-6-16(24)12-21(19)26-20(18)11-15/h3-12,22,25-28H,13H2,1-2H3. The Hall–Kier alpha value is -2.89. The minimum atomic E-state index is -0.777. The number of hydrogen-bond acceptors (Lipinski definition) is 3. The SMILES string of the molecule is CC(C)(c1ccc2c(c1)[nH]c1cc(F)ccc12)C(O)NCc1ccc(O)cc1. The highest BCUT2D eigenvalue weighted by Gasteiger charge is 2.30. The second-order valence-electron chi connectivity index (χ2n) is 7.75. The first-order chi connectivity index (χ1) is 13.3. The molecule has 28 heavy (non-hydrogen) atoms. The van der Waals surface area contributed by atoms with Gasteiger partial charge in [-0.15, -0.1) is 0 Å². The summed E-state index contributed by atoms with van der Waals surface area (Å²) < 4.78 is 13.5. The number of H-pyrrole nitrogens is 1. The van der Waals surface area contributed by atoms with Crippen LogP contribution in [-0.2, 0) is 12.0 Å². The molecule has 0 spiro atoms. The summed E-state index contributed by atoms with van der Waals surface area (Å²) in [5, 5.41) is 25.3. The van der Waals surface area contributed by atoms with Gasteiger partial charge in [-0.1, -0.05) is 38.1 Å². The number of aliphatic hydroxyl groups excluding tert-OH is 1. The van der Waals surface area contributed by atoms with Gasteiger partial charge in [-0.25, -0.2) is 4.39 Å². The average Bonchev–Trinajstić information content (AvgIpc) is 3.03. The number of aromatic nitrogens is 1. The second-order valence-corrected chi connectivity index (χ2v) is 7.75. The average molecular weight is 378 g/mol. The fraction of sp³-hybridized carbons (Fsp3) is 0.217. The lowest BCUT2D eigenvalue weighted by Crippen LogP contribution is -2.44. The van der Waals surface area contributed by atoms with Gasteiger partial charge in [0, 0.05) is 33.8 Å². The van der Waals surface area contributed by atoms with E-state index >= 15 is 0 Å². The normalized spacial score (nSPS) is 13.3. The van der Waals surface area contributed by atoms with Crippen molar-refractivity contribution in [3.05, 3.63) is 77.6 Å². The Labute approximate surface area is 162 Å². The molecule has 0 radical (unpaired) electrons. The summed E-state index contributed by atoms with van der Waals surface area (Å²) >= 11 is 0. The van der Waals surface area contributed by atoms with Gasteiger partial charge in [-0.2, -0.15) is 0 Å². The Balaban J connectivity index is 1.59. The van der Waals surface area contributed by atoms with Crippen molar-refractivity contribution in [3.63, 3.8) is 0 Å². The van der Waals surface area contributed by atoms with Gasteiger partial charge in [0.15, 0.2) is 0 Å². The first-order valence-electron chi connectivity index (χ1n) is 9.25. The van der Waals surface area contributed by atoms with Gasteiger partial charge in [0.2, 0.25) is 0 Å². The predicted molar refractivity (Wildman–Crippen MR) is 110 cm³/mol. The molecule has 1 unspecified atom stereocenters. The van der Waals surface area contributed by atoms with Gasteiger partial charge in [-0.3, -0.25) is 5.32 Å². The molecule has 5 heteroatoms. The number of fused-ring (bicyclic) bond motifs is 3. The van der Waals surface area contributed by atoms with Gasteiger partial charge in [0.25, 0.3) is 0 Å². The number of rotatable bonds is 5. The van der Waals surface area contributed by atoms with Crippen LogP contribution in [0.25, 0.3) is 21.8 Å². The third-order valence-electron chi connectivity index (χ3n) is 5.42. The van der Waals surface area contributed by atoms with Gasteiger partial charge in [-0.05, 0) is 47.5 Å². The number of aromatic amines is 1. The Morgan fingerprint density at radius 3 is 2.32 bits per heavy atom. The Morgan fingerprint density at radius 1 is 0.964 bits per heavy atom. The molecule has 0 aliphatic heterocycles. The van der Waals surface area contributed by atoms with Crippen molar-refractivity contribution in [2.45, 2.75) is 32.0 Å². The van der Waals surface area contributed by atoms with Crippen LogP contribution < -0.4 is 5.32 Å². The quantitative estimate of drug-likeness (QED) is 0.385. The lowest BCUT2D eigenvalue weighted by molar-refractivity contribution is 0.0655. The molecule has 0 aliphatic rings. The van der Waals surface area contributed by atoms with Crippen LogP contribution in [0.15, 0.2) is 60.7 Å². The Kier molecular flexibility index (Phi) is 4.57. The summed E-state index contributed by atoms with van der Waals surface area (Å²) in [5.41, 5.74) is 3.07. The van der Waals surface area contributed by atoms with Crippen molar-refractivity contribution in [2.24, 2.45) is 0 Å². The lowest BCUT2D eigenvalue weighted by atomic mass is 9.82. The van der Waals surface area contributed by atoms with E-state index in [9.17, 15) is 14.6 Å². The molecule has 0 amide bonds. The van der Waals surface area contributed by atoms with Gasteiger partial charge < -0.3 is 15.2 Å². The van der Waals surface area contributed by atoms with Crippen LogP contribution in [0.1, 0.15) is 25.0 Å². The molecule has 0 aliphatic carbocycles. The van der Waals surface area contributed by atoms with Crippen LogP contribution >= 0.6 is 0 Å². The zero-order valence-corrected chi connectivity index (χ0v) is 15.8. The zero-order chi connectivity index (χ0) is 19.9. The van der Waals surface area contributed by atoms with Crippen molar-refractivity contribution >= 4 is 21.8 Å². The topological polar surface area (TPSA) is 68.3 Å². The summed E-state index contributed by atoms with van der Waals surface area (Å²) in [7, 11) is 0. The second kappa shape index (κ2) is 6.93. The monoisotopic (exact) mass is 378 g/mol. The van der Waals surface area contributed by atoms with Crippen molar-refractivity contribution in [2.75, 3.05) is 0 Å². The molecule has 1 aromatic heterocycles. The summed E-state index contributed by atoms with van der Waals surface area (Å²) in [6, 6.07) is 17.7. The molecule has 4 aromatic rings. The Bertz CT molecular complexity index is 1130. The molecule has 0 fully saturated rings. The van der Waals surface area contributed by atoms with E-state index in [1.807, 2.05) is 44.2 Å². The van der Waals surface area contributed by atoms with Gasteiger partial charge >= 0.3 is 0 Å². The molecule has 1 heterocycles. The van der Waals surface area contributed by atoms with E-state index in [1.165, 1.54) is 12.1 Å². The minimum absolute atomic E-state index is 0.219. The molecule has 1 atom stereocenters. The highest BCUT2D eigenvalue weighted by molar-refractivity contribution is 6.07. The maximum absolute atomic E-state index is 13.5. The number of nitrogens with one attached hydrogen (secondary N) is 2. The van der Waals surface area contributed by atoms with Gasteiger partial charge in [0.05, 0.1) is 0 Å². The van der Waals surface area contributed by atoms with Crippen LogP contribution in [0.2, 0.25) is 0 Å². The Morgan fingerprint density at radius 2 is 1.61 bits per heavy atom. The minimum Gasteiger partial charge on any atom is -0.508 e. The zero-order valence-electron chi connectivity index (χ0n) is 15.8. The predicted octanol–water partition coefficient (Wildman–Crippen LogP) is 4.55. The van der Waals surface area contributed by atoms with E-state index < -0.39 is 11.6 Å². The maximum Gasteiger partial charge on any atom is 0.125 e. The number of phenols is 1. The van der Waals surface area contributed by atoms with E-state index in [2.05, 4.69) is 10.3 Å². The van der Waals surface area contributed by atoms with Crippen molar-refractivity contribution in [1.82, 2.24) is 10.3 Å². The van der Waals surface area contributed by atoms with Gasteiger partial charge in [0.1, 0.15) is 17.8 Å². The first-order valence-corrected chi connectivity index (χ1v) is 9.25. The first kappa shape index (κ1) is 18.5. The molecule has 0 saturated heterocycles. The number of hydrogen-bond donors (Lipinski definition) is 4. The number of halogens is 1. The molecule has 0 bridgehead atoms. The summed E-state index contributed by atoms with van der Waals surface area (Å²) in [6.45, 7) is 4.44. The molecule has 144 valence electrons. The smallest absolute Gasteiger partial charge is 0.125 e. The van der Waals surface area contributed by atoms with Crippen LogP contribution in [0.4, 0.5) is 4.39 Å². The molecular weight excluding hydrogens is 355 g/mol. The van der Waals surface area contributed by atoms with Crippen LogP contribution in [0.3, 0.4) is 0 Å². The van der Waals surface area contributed by atoms with Crippen LogP contribution in [0, 0.1) is 5.82 Å². The van der Waals surface area contributed by atoms with Crippen molar-refractivity contribution < 1.29 is 14.6 Å². The van der Waals surface area contributed by atoms with E-state index in [4.69, 9.17) is 0 Å². The van der Waals surface area contributed by atoms with E-state index in [0.29, 0.717) is 6.54 Å². The number of phenolic OH excluding ortho intramolecular Hbond substituents is 1. The highest BCUT2D eigenvalue weighted by atomic mass is 19.1.